The van der Waals surface area contributed by atoms with Crippen molar-refractivity contribution in [3.63, 3.8) is 0 Å². The Morgan fingerprint density at radius 3 is 2.64 bits per heavy atom. The molecule has 6 heteroatoms. The normalized spacial score (nSPS) is 10.4. The van der Waals surface area contributed by atoms with Gasteiger partial charge in [-0.3, -0.25) is 0 Å². The van der Waals surface area contributed by atoms with Gasteiger partial charge in [0.25, 0.3) is 0 Å². The third-order valence-corrected chi connectivity index (χ3v) is 2.00. The zero-order valence-electron chi connectivity index (χ0n) is 7.50. The number of ether oxygens (including phenoxy) is 1. The Labute approximate surface area is 86.2 Å². The Hall–Kier alpha value is -0.615. The van der Waals surface area contributed by atoms with Gasteiger partial charge in [0, 0.05) is 12.7 Å². The molecule has 0 spiro atoms. The number of hydrogen-bond acceptors (Lipinski definition) is 3. The van der Waals surface area contributed by atoms with Crippen molar-refractivity contribution in [2.45, 2.75) is 6.61 Å². The summed E-state index contributed by atoms with van der Waals surface area (Å²) in [5.74, 6) is -0.599. The van der Waals surface area contributed by atoms with Crippen LogP contribution >= 0.6 is 11.6 Å². The maximum atomic E-state index is 13.3. The number of hydrogen-bond donors (Lipinski definition) is 2. The van der Waals surface area contributed by atoms with Crippen molar-refractivity contribution < 1.29 is 19.2 Å². The van der Waals surface area contributed by atoms with E-state index < -0.39 is 12.9 Å². The zero-order valence-corrected chi connectivity index (χ0v) is 8.25. The lowest BCUT2D eigenvalue weighted by Gasteiger charge is -2.07. The first-order valence-electron chi connectivity index (χ1n) is 3.89. The summed E-state index contributed by atoms with van der Waals surface area (Å²) < 4.78 is 18.0. The molecule has 0 aromatic heterocycles. The molecule has 0 aliphatic heterocycles. The van der Waals surface area contributed by atoms with E-state index in [4.69, 9.17) is 26.4 Å². The van der Waals surface area contributed by atoms with E-state index in [1.54, 1.807) is 0 Å². The van der Waals surface area contributed by atoms with E-state index >= 15 is 0 Å². The molecular formula is C8H9BClFO3. The smallest absolute Gasteiger partial charge is 0.423 e. The molecule has 0 atom stereocenters. The lowest BCUT2D eigenvalue weighted by molar-refractivity contribution is 0.181. The minimum Gasteiger partial charge on any atom is -0.423 e. The average Bonchev–Trinajstić information content (AvgIpc) is 2.12. The first kappa shape index (κ1) is 11.5. The molecule has 0 saturated heterocycles. The fourth-order valence-corrected chi connectivity index (χ4v) is 1.33. The predicted molar refractivity (Wildman–Crippen MR) is 51.9 cm³/mol. The van der Waals surface area contributed by atoms with Crippen LogP contribution in [0.15, 0.2) is 12.1 Å². The molecule has 0 bridgehead atoms. The molecule has 3 nitrogen and oxygen atoms in total. The Morgan fingerprint density at radius 1 is 1.50 bits per heavy atom. The van der Waals surface area contributed by atoms with E-state index in [0.717, 1.165) is 0 Å². The molecule has 0 fully saturated rings. The second kappa shape index (κ2) is 4.75. The maximum Gasteiger partial charge on any atom is 0.488 e. The summed E-state index contributed by atoms with van der Waals surface area (Å²) in [6.07, 6.45) is 0. The van der Waals surface area contributed by atoms with Crippen LogP contribution in [0, 0.1) is 5.82 Å². The van der Waals surface area contributed by atoms with E-state index in [1.807, 2.05) is 0 Å². The lowest BCUT2D eigenvalue weighted by atomic mass is 9.79. The van der Waals surface area contributed by atoms with Crippen LogP contribution in [0.4, 0.5) is 4.39 Å². The highest BCUT2D eigenvalue weighted by Gasteiger charge is 2.16. The lowest BCUT2D eigenvalue weighted by Crippen LogP contribution is -2.30. The molecule has 76 valence electrons. The van der Waals surface area contributed by atoms with Gasteiger partial charge in [0.2, 0.25) is 0 Å². The monoisotopic (exact) mass is 218 g/mol. The molecule has 0 amide bonds. The van der Waals surface area contributed by atoms with Crippen LogP contribution < -0.4 is 5.46 Å². The van der Waals surface area contributed by atoms with Gasteiger partial charge in [-0.1, -0.05) is 17.7 Å². The first-order chi connectivity index (χ1) is 6.56. The van der Waals surface area contributed by atoms with Gasteiger partial charge in [-0.25, -0.2) is 4.39 Å². The van der Waals surface area contributed by atoms with Crippen molar-refractivity contribution in [2.24, 2.45) is 0 Å². The van der Waals surface area contributed by atoms with E-state index in [0.29, 0.717) is 0 Å². The summed E-state index contributed by atoms with van der Waals surface area (Å²) in [5, 5.41) is 17.6. The van der Waals surface area contributed by atoms with Crippen LogP contribution in [0.5, 0.6) is 0 Å². The quantitative estimate of drug-likeness (QED) is 0.718. The summed E-state index contributed by atoms with van der Waals surface area (Å²) in [7, 11) is -0.251. The predicted octanol–water partition coefficient (Wildman–Crippen LogP) is 0.305. The van der Waals surface area contributed by atoms with Gasteiger partial charge >= 0.3 is 7.12 Å². The van der Waals surface area contributed by atoms with Gasteiger partial charge in [0.05, 0.1) is 11.6 Å². The largest absolute Gasteiger partial charge is 0.488 e. The molecular weight excluding hydrogens is 209 g/mol. The van der Waals surface area contributed by atoms with Gasteiger partial charge < -0.3 is 14.8 Å². The van der Waals surface area contributed by atoms with E-state index in [2.05, 4.69) is 0 Å². The Kier molecular flexibility index (Phi) is 3.89. The van der Waals surface area contributed by atoms with Gasteiger partial charge in [-0.2, -0.15) is 0 Å². The third kappa shape index (κ3) is 2.45. The highest BCUT2D eigenvalue weighted by molar-refractivity contribution is 6.59. The van der Waals surface area contributed by atoms with Crippen LogP contribution in [-0.4, -0.2) is 24.3 Å². The summed E-state index contributed by atoms with van der Waals surface area (Å²) in [6, 6.07) is 2.47. The Bertz CT molecular complexity index is 333. The highest BCUT2D eigenvalue weighted by Crippen LogP contribution is 2.17. The van der Waals surface area contributed by atoms with Crippen molar-refractivity contribution >= 4 is 24.2 Å². The standard InChI is InChI=1S/C8H9BClFO3/c1-14-4-5-2-6(9(12)13)3-7(10)8(5)11/h2-3,12-13H,4H2,1H3. The van der Waals surface area contributed by atoms with Crippen molar-refractivity contribution in [2.75, 3.05) is 7.11 Å². The molecule has 0 saturated carbocycles. The third-order valence-electron chi connectivity index (χ3n) is 1.72. The summed E-state index contributed by atoms with van der Waals surface area (Å²) in [6.45, 7) is 0.0338. The van der Waals surface area contributed by atoms with Crippen LogP contribution in [0.2, 0.25) is 5.02 Å². The van der Waals surface area contributed by atoms with Gasteiger partial charge in [0.1, 0.15) is 5.82 Å². The Balaban J connectivity index is 3.14. The minimum atomic E-state index is -1.66. The van der Waals surface area contributed by atoms with E-state index in [1.165, 1.54) is 19.2 Å². The Morgan fingerprint density at radius 2 is 2.14 bits per heavy atom. The van der Waals surface area contributed by atoms with Crippen LogP contribution in [0.25, 0.3) is 0 Å². The molecule has 0 radical (unpaired) electrons. The molecule has 0 aliphatic carbocycles. The van der Waals surface area contributed by atoms with Crippen molar-refractivity contribution in [3.8, 4) is 0 Å². The maximum absolute atomic E-state index is 13.3. The van der Waals surface area contributed by atoms with Crippen LogP contribution in [-0.2, 0) is 11.3 Å². The SMILES string of the molecule is COCc1cc(B(O)O)cc(Cl)c1F. The molecule has 0 heterocycles. The van der Waals surface area contributed by atoms with Crippen LogP contribution in [0.3, 0.4) is 0 Å². The molecule has 0 unspecified atom stereocenters. The molecule has 2 N–H and O–H groups in total. The number of halogens is 2. The molecule has 1 aromatic carbocycles. The van der Waals surface area contributed by atoms with Gasteiger partial charge in [-0.05, 0) is 11.5 Å². The number of benzene rings is 1. The fourth-order valence-electron chi connectivity index (χ4n) is 1.08. The number of rotatable bonds is 3. The topological polar surface area (TPSA) is 49.7 Å². The molecule has 0 aliphatic rings. The van der Waals surface area contributed by atoms with E-state index in [-0.39, 0.29) is 22.7 Å². The van der Waals surface area contributed by atoms with Crippen LogP contribution in [0.1, 0.15) is 5.56 Å². The zero-order chi connectivity index (χ0) is 10.7. The minimum absolute atomic E-state index is 0.0338. The molecule has 14 heavy (non-hydrogen) atoms. The van der Waals surface area contributed by atoms with E-state index in [9.17, 15) is 4.39 Å². The molecule has 1 aromatic rings. The molecule has 1 rings (SSSR count). The first-order valence-corrected chi connectivity index (χ1v) is 4.27. The fraction of sp³-hybridized carbons (Fsp3) is 0.250. The van der Waals surface area contributed by atoms with Crippen molar-refractivity contribution in [3.05, 3.63) is 28.5 Å². The van der Waals surface area contributed by atoms with Gasteiger partial charge in [-0.15, -0.1) is 0 Å². The van der Waals surface area contributed by atoms with Gasteiger partial charge in [0.15, 0.2) is 0 Å². The second-order valence-electron chi connectivity index (χ2n) is 2.78. The highest BCUT2D eigenvalue weighted by atomic mass is 35.5. The summed E-state index contributed by atoms with van der Waals surface area (Å²) in [4.78, 5) is 0. The summed E-state index contributed by atoms with van der Waals surface area (Å²) >= 11 is 5.55. The van der Waals surface area contributed by atoms with Crippen molar-refractivity contribution in [1.29, 1.82) is 0 Å². The summed E-state index contributed by atoms with van der Waals surface area (Å²) in [5.41, 5.74) is 0.339. The second-order valence-corrected chi connectivity index (χ2v) is 3.19. The number of methoxy groups -OCH3 is 1. The average molecular weight is 218 g/mol. The van der Waals surface area contributed by atoms with Crippen molar-refractivity contribution in [1.82, 2.24) is 0 Å².